The molecule has 4 atom stereocenters. The fourth-order valence-corrected chi connectivity index (χ4v) is 4.30. The Balaban J connectivity index is 1.51. The fraction of sp³-hybridized carbons (Fsp3) is 0.733. The van der Waals surface area contributed by atoms with Crippen LogP contribution in [0.5, 0.6) is 0 Å². The Morgan fingerprint density at radius 1 is 1.19 bits per heavy atom. The largest absolute Gasteiger partial charge is 0.368 e. The van der Waals surface area contributed by atoms with Crippen molar-refractivity contribution in [1.82, 2.24) is 9.97 Å². The Kier molecular flexibility index (Phi) is 3.14. The SMILES string of the molecule is Nc1nc(NC2CC3CCC2C3)cc(N2CCC(N)C2)n1. The van der Waals surface area contributed by atoms with E-state index in [0.29, 0.717) is 12.0 Å². The molecule has 2 heterocycles. The highest BCUT2D eigenvalue weighted by Crippen LogP contribution is 2.45. The Bertz CT molecular complexity index is 533. The van der Waals surface area contributed by atoms with Crippen LogP contribution in [0.3, 0.4) is 0 Å². The van der Waals surface area contributed by atoms with Gasteiger partial charge in [-0.3, -0.25) is 0 Å². The van der Waals surface area contributed by atoms with E-state index in [0.717, 1.165) is 43.0 Å². The highest BCUT2D eigenvalue weighted by atomic mass is 15.2. The highest BCUT2D eigenvalue weighted by Gasteiger charge is 2.39. The van der Waals surface area contributed by atoms with E-state index in [1.54, 1.807) is 0 Å². The summed E-state index contributed by atoms with van der Waals surface area (Å²) in [6.07, 6.45) is 6.44. The van der Waals surface area contributed by atoms with Crippen LogP contribution in [0.25, 0.3) is 0 Å². The standard InChI is InChI=1S/C15H24N6/c16-11-3-4-21(8-11)14-7-13(19-15(17)20-14)18-12-6-9-1-2-10(12)5-9/h7,9-12H,1-6,8,16H2,(H3,17,18,19,20). The molecule has 114 valence electrons. The molecule has 2 aliphatic carbocycles. The molecule has 4 unspecified atom stereocenters. The number of aromatic nitrogens is 2. The van der Waals surface area contributed by atoms with Crippen LogP contribution < -0.4 is 21.7 Å². The minimum Gasteiger partial charge on any atom is -0.368 e. The van der Waals surface area contributed by atoms with Gasteiger partial charge in [0.05, 0.1) is 0 Å². The topological polar surface area (TPSA) is 93.1 Å². The van der Waals surface area contributed by atoms with Gasteiger partial charge in [-0.1, -0.05) is 6.42 Å². The molecule has 0 aromatic carbocycles. The normalized spacial score (nSPS) is 34.6. The summed E-state index contributed by atoms with van der Waals surface area (Å²) in [5.41, 5.74) is 11.9. The third-order valence-electron chi connectivity index (χ3n) is 5.35. The molecule has 1 aromatic rings. The first kappa shape index (κ1) is 13.1. The minimum absolute atomic E-state index is 0.239. The summed E-state index contributed by atoms with van der Waals surface area (Å²) in [6.45, 7) is 1.80. The molecule has 0 spiro atoms. The molecule has 0 radical (unpaired) electrons. The molecule has 2 bridgehead atoms. The van der Waals surface area contributed by atoms with Gasteiger partial charge in [0.1, 0.15) is 11.6 Å². The van der Waals surface area contributed by atoms with Crippen molar-refractivity contribution in [2.45, 2.75) is 44.2 Å². The average molecular weight is 288 g/mol. The van der Waals surface area contributed by atoms with Crippen LogP contribution in [0.4, 0.5) is 17.6 Å². The predicted molar refractivity (Wildman–Crippen MR) is 84.1 cm³/mol. The predicted octanol–water partition coefficient (Wildman–Crippen LogP) is 1.20. The van der Waals surface area contributed by atoms with Crippen molar-refractivity contribution in [3.05, 3.63) is 6.07 Å². The van der Waals surface area contributed by atoms with Crippen LogP contribution in [0, 0.1) is 11.8 Å². The molecule has 3 fully saturated rings. The van der Waals surface area contributed by atoms with Crippen LogP contribution in [0.2, 0.25) is 0 Å². The monoisotopic (exact) mass is 288 g/mol. The lowest BCUT2D eigenvalue weighted by molar-refractivity contribution is 0.439. The van der Waals surface area contributed by atoms with Crippen molar-refractivity contribution < 1.29 is 0 Å². The molecular weight excluding hydrogens is 264 g/mol. The lowest BCUT2D eigenvalue weighted by atomic mass is 9.95. The number of nitrogen functional groups attached to an aromatic ring is 1. The van der Waals surface area contributed by atoms with E-state index >= 15 is 0 Å². The van der Waals surface area contributed by atoms with Gasteiger partial charge in [0.15, 0.2) is 0 Å². The van der Waals surface area contributed by atoms with Gasteiger partial charge in [-0.2, -0.15) is 9.97 Å². The lowest BCUT2D eigenvalue weighted by Gasteiger charge is -2.24. The number of fused-ring (bicyclic) bond motifs is 2. The van der Waals surface area contributed by atoms with E-state index in [1.807, 2.05) is 6.07 Å². The fourth-order valence-electron chi connectivity index (χ4n) is 4.30. The van der Waals surface area contributed by atoms with Crippen LogP contribution >= 0.6 is 0 Å². The molecule has 1 aromatic heterocycles. The van der Waals surface area contributed by atoms with Crippen LogP contribution in [0.1, 0.15) is 32.1 Å². The minimum atomic E-state index is 0.239. The second-order valence-electron chi connectivity index (χ2n) is 6.89. The maximum Gasteiger partial charge on any atom is 0.223 e. The second kappa shape index (κ2) is 5.02. The van der Waals surface area contributed by atoms with Crippen molar-refractivity contribution in [1.29, 1.82) is 0 Å². The van der Waals surface area contributed by atoms with Gasteiger partial charge in [0.25, 0.3) is 0 Å². The van der Waals surface area contributed by atoms with E-state index in [2.05, 4.69) is 20.2 Å². The number of hydrogen-bond donors (Lipinski definition) is 3. The molecule has 6 heteroatoms. The van der Waals surface area contributed by atoms with Crippen molar-refractivity contribution >= 4 is 17.6 Å². The zero-order valence-electron chi connectivity index (χ0n) is 12.3. The maximum absolute atomic E-state index is 5.98. The molecule has 4 rings (SSSR count). The highest BCUT2D eigenvalue weighted by molar-refractivity contribution is 5.53. The Morgan fingerprint density at radius 2 is 2.10 bits per heavy atom. The van der Waals surface area contributed by atoms with Crippen molar-refractivity contribution in [3.8, 4) is 0 Å². The molecule has 1 saturated heterocycles. The van der Waals surface area contributed by atoms with E-state index < -0.39 is 0 Å². The lowest BCUT2D eigenvalue weighted by Crippen LogP contribution is -2.28. The smallest absolute Gasteiger partial charge is 0.223 e. The first-order valence-corrected chi connectivity index (χ1v) is 8.09. The molecule has 5 N–H and O–H groups in total. The number of nitrogens with two attached hydrogens (primary N) is 2. The summed E-state index contributed by atoms with van der Waals surface area (Å²) in [6, 6.07) is 2.83. The zero-order chi connectivity index (χ0) is 14.4. The van der Waals surface area contributed by atoms with Crippen LogP contribution in [-0.4, -0.2) is 35.1 Å². The molecule has 6 nitrogen and oxygen atoms in total. The molecular formula is C15H24N6. The number of anilines is 3. The van der Waals surface area contributed by atoms with Crippen molar-refractivity contribution in [3.63, 3.8) is 0 Å². The quantitative estimate of drug-likeness (QED) is 0.774. The molecule has 3 aliphatic rings. The first-order chi connectivity index (χ1) is 10.2. The Labute approximate surface area is 125 Å². The van der Waals surface area contributed by atoms with Gasteiger partial charge >= 0.3 is 0 Å². The third-order valence-corrected chi connectivity index (χ3v) is 5.35. The summed E-state index contributed by atoms with van der Waals surface area (Å²) in [4.78, 5) is 10.9. The van der Waals surface area contributed by atoms with Gasteiger partial charge < -0.3 is 21.7 Å². The number of nitrogens with zero attached hydrogens (tertiary/aromatic N) is 3. The van der Waals surface area contributed by atoms with Crippen LogP contribution in [-0.2, 0) is 0 Å². The zero-order valence-corrected chi connectivity index (χ0v) is 12.3. The number of rotatable bonds is 3. The maximum atomic E-state index is 5.98. The molecule has 1 aliphatic heterocycles. The second-order valence-corrected chi connectivity index (χ2v) is 6.89. The van der Waals surface area contributed by atoms with Gasteiger partial charge in [-0.05, 0) is 37.5 Å². The molecule has 2 saturated carbocycles. The van der Waals surface area contributed by atoms with Gasteiger partial charge in [-0.15, -0.1) is 0 Å². The van der Waals surface area contributed by atoms with E-state index in [1.165, 1.54) is 25.7 Å². The van der Waals surface area contributed by atoms with E-state index in [4.69, 9.17) is 11.5 Å². The van der Waals surface area contributed by atoms with E-state index in [-0.39, 0.29) is 6.04 Å². The third kappa shape index (κ3) is 2.52. The molecule has 21 heavy (non-hydrogen) atoms. The number of hydrogen-bond acceptors (Lipinski definition) is 6. The summed E-state index contributed by atoms with van der Waals surface area (Å²) in [7, 11) is 0. The van der Waals surface area contributed by atoms with Crippen LogP contribution in [0.15, 0.2) is 6.07 Å². The van der Waals surface area contributed by atoms with Gasteiger partial charge in [0.2, 0.25) is 5.95 Å². The summed E-state index contributed by atoms with van der Waals surface area (Å²) < 4.78 is 0. The molecule has 0 amide bonds. The van der Waals surface area contributed by atoms with Gasteiger partial charge in [0, 0.05) is 31.2 Å². The Hall–Kier alpha value is -1.56. The van der Waals surface area contributed by atoms with Gasteiger partial charge in [-0.25, -0.2) is 0 Å². The average Bonchev–Trinajstić information content (AvgIpc) is 3.14. The van der Waals surface area contributed by atoms with E-state index in [9.17, 15) is 0 Å². The summed E-state index contributed by atoms with van der Waals surface area (Å²) in [5, 5.41) is 3.60. The number of nitrogens with one attached hydrogen (secondary N) is 1. The summed E-state index contributed by atoms with van der Waals surface area (Å²) in [5.74, 6) is 3.85. The first-order valence-electron chi connectivity index (χ1n) is 8.09. The Morgan fingerprint density at radius 3 is 2.76 bits per heavy atom. The summed E-state index contributed by atoms with van der Waals surface area (Å²) >= 11 is 0. The van der Waals surface area contributed by atoms with Crippen molar-refractivity contribution in [2.75, 3.05) is 29.0 Å². The van der Waals surface area contributed by atoms with Crippen molar-refractivity contribution in [2.24, 2.45) is 17.6 Å².